The van der Waals surface area contributed by atoms with Gasteiger partial charge in [0.25, 0.3) is 0 Å². The van der Waals surface area contributed by atoms with Crippen LogP contribution in [0.4, 0.5) is 4.79 Å². The van der Waals surface area contributed by atoms with E-state index in [1.165, 1.54) is 0 Å². The van der Waals surface area contributed by atoms with Crippen LogP contribution < -0.4 is 19.5 Å². The van der Waals surface area contributed by atoms with Gasteiger partial charge in [-0.1, -0.05) is 32.0 Å². The fourth-order valence-electron chi connectivity index (χ4n) is 3.58. The van der Waals surface area contributed by atoms with E-state index in [4.69, 9.17) is 14.2 Å². The summed E-state index contributed by atoms with van der Waals surface area (Å²) in [4.78, 5) is 11.2. The molecule has 2 aromatic rings. The second-order valence-electron chi connectivity index (χ2n) is 7.62. The second kappa shape index (κ2) is 6.68. The zero-order valence-corrected chi connectivity index (χ0v) is 15.5. The van der Waals surface area contributed by atoms with E-state index < -0.39 is 6.09 Å². The number of carbonyl (C=O) groups is 1. The highest BCUT2D eigenvalue weighted by molar-refractivity contribution is 5.71. The Bertz CT molecular complexity index is 877. The minimum atomic E-state index is -1.03. The lowest BCUT2D eigenvalue weighted by atomic mass is 9.78. The SMILES string of the molecule is CC1(C)COc2cc(-c3ccc4c(c3)OCCCO4)ccc2C1NC(=O)O. The van der Waals surface area contributed by atoms with E-state index in [-0.39, 0.29) is 11.5 Å². The minimum absolute atomic E-state index is 0.323. The Balaban J connectivity index is 1.69. The summed E-state index contributed by atoms with van der Waals surface area (Å²) in [5.74, 6) is 2.21. The molecule has 0 spiro atoms. The van der Waals surface area contributed by atoms with Crippen molar-refractivity contribution in [3.8, 4) is 28.4 Å². The number of benzene rings is 2. The van der Waals surface area contributed by atoms with Crippen molar-refractivity contribution in [3.63, 3.8) is 0 Å². The molecule has 0 saturated heterocycles. The highest BCUT2D eigenvalue weighted by Gasteiger charge is 2.38. The molecule has 0 bridgehead atoms. The Morgan fingerprint density at radius 1 is 1.00 bits per heavy atom. The van der Waals surface area contributed by atoms with Gasteiger partial charge in [0.15, 0.2) is 11.5 Å². The number of fused-ring (bicyclic) bond motifs is 2. The van der Waals surface area contributed by atoms with Crippen molar-refractivity contribution in [1.29, 1.82) is 0 Å². The fraction of sp³-hybridized carbons (Fsp3) is 0.381. The molecule has 0 aromatic heterocycles. The molecule has 1 unspecified atom stereocenters. The van der Waals surface area contributed by atoms with Crippen LogP contribution >= 0.6 is 0 Å². The van der Waals surface area contributed by atoms with Crippen LogP contribution in [-0.2, 0) is 0 Å². The summed E-state index contributed by atoms with van der Waals surface area (Å²) < 4.78 is 17.4. The van der Waals surface area contributed by atoms with Gasteiger partial charge in [0.2, 0.25) is 0 Å². The van der Waals surface area contributed by atoms with Gasteiger partial charge in [0.05, 0.1) is 25.9 Å². The van der Waals surface area contributed by atoms with Crippen molar-refractivity contribution in [2.45, 2.75) is 26.3 Å². The Morgan fingerprint density at radius 2 is 1.67 bits per heavy atom. The number of carboxylic acid groups (broad SMARTS) is 1. The van der Waals surface area contributed by atoms with Gasteiger partial charge < -0.3 is 24.6 Å². The predicted molar refractivity (Wildman–Crippen MR) is 101 cm³/mol. The van der Waals surface area contributed by atoms with E-state index >= 15 is 0 Å². The maximum Gasteiger partial charge on any atom is 0.405 e. The first-order chi connectivity index (χ1) is 12.9. The topological polar surface area (TPSA) is 77.0 Å². The lowest BCUT2D eigenvalue weighted by Gasteiger charge is -2.39. The van der Waals surface area contributed by atoms with Crippen molar-refractivity contribution in [1.82, 2.24) is 5.32 Å². The highest BCUT2D eigenvalue weighted by atomic mass is 16.5. The summed E-state index contributed by atoms with van der Waals surface area (Å²) in [6, 6.07) is 11.5. The third-order valence-corrected chi connectivity index (χ3v) is 5.05. The Kier molecular flexibility index (Phi) is 4.34. The van der Waals surface area contributed by atoms with Crippen LogP contribution in [0.5, 0.6) is 17.2 Å². The predicted octanol–water partition coefficient (Wildman–Crippen LogP) is 4.24. The first-order valence-electron chi connectivity index (χ1n) is 9.10. The largest absolute Gasteiger partial charge is 0.493 e. The molecule has 4 rings (SSSR count). The summed E-state index contributed by atoms with van der Waals surface area (Å²) in [6.07, 6.45) is -0.169. The van der Waals surface area contributed by atoms with E-state index in [1.54, 1.807) is 0 Å². The van der Waals surface area contributed by atoms with Gasteiger partial charge in [0, 0.05) is 17.4 Å². The Hall–Kier alpha value is -2.89. The van der Waals surface area contributed by atoms with E-state index in [0.29, 0.717) is 25.6 Å². The lowest BCUT2D eigenvalue weighted by Crippen LogP contribution is -2.43. The summed E-state index contributed by atoms with van der Waals surface area (Å²) >= 11 is 0. The van der Waals surface area contributed by atoms with Gasteiger partial charge in [-0.3, -0.25) is 0 Å². The molecule has 2 heterocycles. The Morgan fingerprint density at radius 3 is 2.41 bits per heavy atom. The van der Waals surface area contributed by atoms with Crippen molar-refractivity contribution < 1.29 is 24.1 Å². The molecule has 2 aliphatic rings. The summed E-state index contributed by atoms with van der Waals surface area (Å²) in [7, 11) is 0. The van der Waals surface area contributed by atoms with Crippen LogP contribution in [0.3, 0.4) is 0 Å². The van der Waals surface area contributed by atoms with Crippen LogP contribution in [0, 0.1) is 5.41 Å². The molecule has 1 amide bonds. The number of nitrogens with one attached hydrogen (secondary N) is 1. The molecule has 27 heavy (non-hydrogen) atoms. The second-order valence-corrected chi connectivity index (χ2v) is 7.62. The lowest BCUT2D eigenvalue weighted by molar-refractivity contribution is 0.0996. The molecular formula is C21H23NO5. The molecule has 6 nitrogen and oxygen atoms in total. The van der Waals surface area contributed by atoms with Gasteiger partial charge in [-0.05, 0) is 29.3 Å². The number of amides is 1. The summed E-state index contributed by atoms with van der Waals surface area (Å²) in [6.45, 7) is 5.73. The van der Waals surface area contributed by atoms with Crippen LogP contribution in [0.25, 0.3) is 11.1 Å². The first-order valence-corrected chi connectivity index (χ1v) is 9.10. The minimum Gasteiger partial charge on any atom is -0.493 e. The number of rotatable bonds is 2. The van der Waals surface area contributed by atoms with Crippen LogP contribution in [0.1, 0.15) is 31.9 Å². The molecule has 0 aliphatic carbocycles. The van der Waals surface area contributed by atoms with Gasteiger partial charge >= 0.3 is 6.09 Å². The van der Waals surface area contributed by atoms with Crippen molar-refractivity contribution >= 4 is 6.09 Å². The maximum atomic E-state index is 11.2. The number of hydrogen-bond donors (Lipinski definition) is 2. The molecule has 2 N–H and O–H groups in total. The average molecular weight is 369 g/mol. The zero-order chi connectivity index (χ0) is 19.0. The average Bonchev–Trinajstić information content (AvgIpc) is 2.88. The van der Waals surface area contributed by atoms with Gasteiger partial charge in [-0.15, -0.1) is 0 Å². The van der Waals surface area contributed by atoms with E-state index in [1.807, 2.05) is 50.2 Å². The Labute approximate surface area is 158 Å². The highest BCUT2D eigenvalue weighted by Crippen LogP contribution is 2.44. The molecule has 2 aromatic carbocycles. The molecule has 0 saturated carbocycles. The summed E-state index contributed by atoms with van der Waals surface area (Å²) in [5.41, 5.74) is 2.51. The molecular weight excluding hydrogens is 346 g/mol. The number of hydrogen-bond acceptors (Lipinski definition) is 4. The molecule has 6 heteroatoms. The van der Waals surface area contributed by atoms with Crippen molar-refractivity contribution in [3.05, 3.63) is 42.0 Å². The van der Waals surface area contributed by atoms with E-state index in [2.05, 4.69) is 5.32 Å². The fourth-order valence-corrected chi connectivity index (χ4v) is 3.58. The quantitative estimate of drug-likeness (QED) is 0.828. The monoisotopic (exact) mass is 369 g/mol. The van der Waals surface area contributed by atoms with Crippen LogP contribution in [0.15, 0.2) is 36.4 Å². The van der Waals surface area contributed by atoms with Crippen LogP contribution in [-0.4, -0.2) is 31.0 Å². The van der Waals surface area contributed by atoms with Gasteiger partial charge in [-0.2, -0.15) is 0 Å². The normalized spacial score (nSPS) is 20.0. The third kappa shape index (κ3) is 3.39. The standard InChI is InChI=1S/C21H23NO5/c1-21(2)12-27-17-10-13(4-6-15(17)19(21)22-20(23)24)14-5-7-16-18(11-14)26-9-3-8-25-16/h4-7,10-11,19,22H,3,8-9,12H2,1-2H3,(H,23,24). The maximum absolute atomic E-state index is 11.2. The van der Waals surface area contributed by atoms with E-state index in [0.717, 1.165) is 34.6 Å². The third-order valence-electron chi connectivity index (χ3n) is 5.05. The molecule has 142 valence electrons. The van der Waals surface area contributed by atoms with Gasteiger partial charge in [0.1, 0.15) is 5.75 Å². The molecule has 2 aliphatic heterocycles. The summed E-state index contributed by atoms with van der Waals surface area (Å²) in [5, 5.41) is 11.8. The molecule has 0 fully saturated rings. The van der Waals surface area contributed by atoms with E-state index in [9.17, 15) is 9.90 Å². The zero-order valence-electron chi connectivity index (χ0n) is 15.5. The van der Waals surface area contributed by atoms with Gasteiger partial charge in [-0.25, -0.2) is 4.79 Å². The first kappa shape index (κ1) is 17.5. The number of ether oxygens (including phenoxy) is 3. The molecule has 1 atom stereocenters. The molecule has 0 radical (unpaired) electrons. The smallest absolute Gasteiger partial charge is 0.405 e. The van der Waals surface area contributed by atoms with Crippen molar-refractivity contribution in [2.75, 3.05) is 19.8 Å². The van der Waals surface area contributed by atoms with Crippen molar-refractivity contribution in [2.24, 2.45) is 5.41 Å². The van der Waals surface area contributed by atoms with Crippen LogP contribution in [0.2, 0.25) is 0 Å².